The van der Waals surface area contributed by atoms with Crippen LogP contribution in [0.3, 0.4) is 0 Å². The van der Waals surface area contributed by atoms with Crippen molar-refractivity contribution in [3.63, 3.8) is 0 Å². The number of nitrogens with one attached hydrogen (secondary N) is 1. The quantitative estimate of drug-likeness (QED) is 0.661. The van der Waals surface area contributed by atoms with E-state index < -0.39 is 18.1 Å². The van der Waals surface area contributed by atoms with Crippen LogP contribution in [0.2, 0.25) is 0 Å². The SMILES string of the molecule is O=C(Cn1c2ccccc2c(=O)c2ccccc21)N[C@H]1CCC[C@H](C(F)(F)F)C1. The normalized spacial score (nSPS) is 20.1. The Balaban J connectivity index is 1.63. The molecule has 4 rings (SSSR count). The monoisotopic (exact) mass is 402 g/mol. The molecule has 1 aromatic heterocycles. The lowest BCUT2D eigenvalue weighted by atomic mass is 9.85. The maximum Gasteiger partial charge on any atom is 0.391 e. The summed E-state index contributed by atoms with van der Waals surface area (Å²) in [5.41, 5.74) is 1.15. The topological polar surface area (TPSA) is 51.1 Å². The van der Waals surface area contributed by atoms with Gasteiger partial charge < -0.3 is 9.88 Å². The molecule has 1 fully saturated rings. The van der Waals surface area contributed by atoms with Gasteiger partial charge in [-0.1, -0.05) is 30.7 Å². The van der Waals surface area contributed by atoms with E-state index in [0.717, 1.165) is 0 Å². The lowest BCUT2D eigenvalue weighted by molar-refractivity contribution is -0.184. The van der Waals surface area contributed by atoms with E-state index in [4.69, 9.17) is 0 Å². The molecule has 2 aromatic carbocycles. The van der Waals surface area contributed by atoms with Gasteiger partial charge in [0.2, 0.25) is 5.91 Å². The summed E-state index contributed by atoms with van der Waals surface area (Å²) >= 11 is 0. The van der Waals surface area contributed by atoms with Gasteiger partial charge in [-0.25, -0.2) is 0 Å². The first-order valence-corrected chi connectivity index (χ1v) is 9.71. The number of aromatic nitrogens is 1. The summed E-state index contributed by atoms with van der Waals surface area (Å²) in [7, 11) is 0. The minimum atomic E-state index is -4.23. The molecular weight excluding hydrogens is 381 g/mol. The Labute approximate surface area is 165 Å². The molecule has 3 aromatic rings. The average molecular weight is 402 g/mol. The summed E-state index contributed by atoms with van der Waals surface area (Å²) in [5.74, 6) is -1.72. The number of hydrogen-bond donors (Lipinski definition) is 1. The van der Waals surface area contributed by atoms with Crippen LogP contribution in [0.15, 0.2) is 53.3 Å². The van der Waals surface area contributed by atoms with Crippen LogP contribution in [-0.4, -0.2) is 22.7 Å². The third-order valence-corrected chi connectivity index (χ3v) is 5.68. The minimum Gasteiger partial charge on any atom is -0.352 e. The first-order valence-electron chi connectivity index (χ1n) is 9.71. The molecular formula is C22H21F3N2O2. The average Bonchev–Trinajstić information content (AvgIpc) is 2.71. The molecule has 0 radical (unpaired) electrons. The fraction of sp³-hybridized carbons (Fsp3) is 0.364. The summed E-state index contributed by atoms with van der Waals surface area (Å²) < 4.78 is 40.9. The molecule has 1 saturated carbocycles. The molecule has 0 saturated heterocycles. The second-order valence-corrected chi connectivity index (χ2v) is 7.62. The number of carbonyl (C=O) groups excluding carboxylic acids is 1. The summed E-state index contributed by atoms with van der Waals surface area (Å²) in [6, 6.07) is 13.6. The molecule has 0 spiro atoms. The highest BCUT2D eigenvalue weighted by molar-refractivity contribution is 5.94. The molecule has 0 aliphatic heterocycles. The smallest absolute Gasteiger partial charge is 0.352 e. The van der Waals surface area contributed by atoms with Crippen LogP contribution in [0, 0.1) is 5.92 Å². The van der Waals surface area contributed by atoms with Crippen molar-refractivity contribution in [3.05, 3.63) is 58.8 Å². The first-order chi connectivity index (χ1) is 13.8. The predicted molar refractivity (Wildman–Crippen MR) is 106 cm³/mol. The largest absolute Gasteiger partial charge is 0.391 e. The molecule has 1 amide bonds. The van der Waals surface area contributed by atoms with Gasteiger partial charge in [0.25, 0.3) is 0 Å². The zero-order valence-electron chi connectivity index (χ0n) is 15.7. The van der Waals surface area contributed by atoms with Gasteiger partial charge in [0, 0.05) is 16.8 Å². The van der Waals surface area contributed by atoms with Crippen LogP contribution < -0.4 is 10.7 Å². The van der Waals surface area contributed by atoms with Gasteiger partial charge in [-0.2, -0.15) is 13.2 Å². The summed E-state index contributed by atoms with van der Waals surface area (Å²) in [4.78, 5) is 25.5. The zero-order chi connectivity index (χ0) is 20.6. The van der Waals surface area contributed by atoms with E-state index in [1.54, 1.807) is 53.1 Å². The fourth-order valence-corrected chi connectivity index (χ4v) is 4.28. The number of hydrogen-bond acceptors (Lipinski definition) is 2. The van der Waals surface area contributed by atoms with Gasteiger partial charge in [-0.05, 0) is 43.5 Å². The van der Waals surface area contributed by atoms with Gasteiger partial charge in [-0.3, -0.25) is 9.59 Å². The highest BCUT2D eigenvalue weighted by Crippen LogP contribution is 2.37. The van der Waals surface area contributed by atoms with E-state index in [0.29, 0.717) is 34.6 Å². The van der Waals surface area contributed by atoms with Crippen LogP contribution in [0.1, 0.15) is 25.7 Å². The van der Waals surface area contributed by atoms with Crippen LogP contribution in [0.25, 0.3) is 21.8 Å². The van der Waals surface area contributed by atoms with E-state index in [2.05, 4.69) is 5.32 Å². The van der Waals surface area contributed by atoms with Crippen LogP contribution >= 0.6 is 0 Å². The van der Waals surface area contributed by atoms with Crippen molar-refractivity contribution in [3.8, 4) is 0 Å². The van der Waals surface area contributed by atoms with Crippen LogP contribution in [-0.2, 0) is 11.3 Å². The molecule has 1 N–H and O–H groups in total. The van der Waals surface area contributed by atoms with Crippen molar-refractivity contribution in [1.29, 1.82) is 0 Å². The van der Waals surface area contributed by atoms with Crippen molar-refractivity contribution in [2.45, 2.75) is 44.4 Å². The van der Waals surface area contributed by atoms with E-state index in [9.17, 15) is 22.8 Å². The number of benzene rings is 2. The molecule has 1 heterocycles. The fourth-order valence-electron chi connectivity index (χ4n) is 4.28. The van der Waals surface area contributed by atoms with E-state index in [-0.39, 0.29) is 30.7 Å². The number of nitrogens with zero attached hydrogens (tertiary/aromatic N) is 1. The second kappa shape index (κ2) is 7.54. The Bertz CT molecular complexity index is 1060. The minimum absolute atomic E-state index is 0.0610. The molecule has 152 valence electrons. The molecule has 29 heavy (non-hydrogen) atoms. The number of pyridine rings is 1. The lowest BCUT2D eigenvalue weighted by Crippen LogP contribution is -2.42. The predicted octanol–water partition coefficient (Wildman–Crippen LogP) is 4.39. The number of para-hydroxylation sites is 2. The van der Waals surface area contributed by atoms with Crippen molar-refractivity contribution >= 4 is 27.7 Å². The van der Waals surface area contributed by atoms with Gasteiger partial charge in [0.05, 0.1) is 17.0 Å². The Hall–Kier alpha value is -2.83. The van der Waals surface area contributed by atoms with Gasteiger partial charge in [0.1, 0.15) is 6.54 Å². The van der Waals surface area contributed by atoms with Crippen LogP contribution in [0.4, 0.5) is 13.2 Å². The number of fused-ring (bicyclic) bond motifs is 2. The molecule has 0 unspecified atom stereocenters. The summed E-state index contributed by atoms with van der Waals surface area (Å²) in [5, 5.41) is 3.79. The Morgan fingerprint density at radius 2 is 1.59 bits per heavy atom. The Morgan fingerprint density at radius 3 is 2.17 bits per heavy atom. The standard InChI is InChI=1S/C22H21F3N2O2/c23-22(24,25)14-6-5-7-15(12-14)26-20(28)13-27-18-10-3-1-8-16(18)21(29)17-9-2-4-11-19(17)27/h1-4,8-11,14-15H,5-7,12-13H2,(H,26,28)/t14-,15-/m0/s1. The first kappa shape index (κ1) is 19.5. The molecule has 0 bridgehead atoms. The highest BCUT2D eigenvalue weighted by Gasteiger charge is 2.42. The van der Waals surface area contributed by atoms with Gasteiger partial charge in [0.15, 0.2) is 5.43 Å². The zero-order valence-corrected chi connectivity index (χ0v) is 15.7. The molecule has 4 nitrogen and oxygen atoms in total. The maximum absolute atomic E-state index is 13.0. The van der Waals surface area contributed by atoms with Gasteiger partial charge >= 0.3 is 6.18 Å². The maximum atomic E-state index is 13.0. The van der Waals surface area contributed by atoms with Crippen molar-refractivity contribution < 1.29 is 18.0 Å². The van der Waals surface area contributed by atoms with E-state index in [1.165, 1.54) is 0 Å². The van der Waals surface area contributed by atoms with Gasteiger partial charge in [-0.15, -0.1) is 0 Å². The number of rotatable bonds is 3. The van der Waals surface area contributed by atoms with Crippen molar-refractivity contribution in [2.24, 2.45) is 5.92 Å². The molecule has 2 atom stereocenters. The summed E-state index contributed by atoms with van der Waals surface area (Å²) in [6.45, 7) is -0.0610. The third kappa shape index (κ3) is 3.86. The van der Waals surface area contributed by atoms with E-state index in [1.807, 2.05) is 0 Å². The van der Waals surface area contributed by atoms with Crippen molar-refractivity contribution in [2.75, 3.05) is 0 Å². The Kier molecular flexibility index (Phi) is 5.06. The second-order valence-electron chi connectivity index (χ2n) is 7.62. The number of halogens is 3. The van der Waals surface area contributed by atoms with E-state index >= 15 is 0 Å². The lowest BCUT2D eigenvalue weighted by Gasteiger charge is -2.31. The third-order valence-electron chi connectivity index (χ3n) is 5.68. The highest BCUT2D eigenvalue weighted by atomic mass is 19.4. The number of amides is 1. The Morgan fingerprint density at radius 1 is 1.00 bits per heavy atom. The molecule has 1 aliphatic rings. The number of carbonyl (C=O) groups is 1. The summed E-state index contributed by atoms with van der Waals surface area (Å²) in [6.07, 6.45) is -3.21. The number of alkyl halides is 3. The van der Waals surface area contributed by atoms with Crippen LogP contribution in [0.5, 0.6) is 0 Å². The molecule has 7 heteroatoms. The molecule has 1 aliphatic carbocycles. The van der Waals surface area contributed by atoms with Crippen molar-refractivity contribution in [1.82, 2.24) is 9.88 Å².